The van der Waals surface area contributed by atoms with Crippen LogP contribution in [0.2, 0.25) is 0 Å². The molecule has 1 aliphatic heterocycles. The third-order valence-corrected chi connectivity index (χ3v) is 4.12. The Bertz CT molecular complexity index is 589. The van der Waals surface area contributed by atoms with Crippen molar-refractivity contribution in [3.8, 4) is 0 Å². The molecule has 1 aromatic rings. The van der Waals surface area contributed by atoms with E-state index in [-0.39, 0.29) is 18.0 Å². The number of unbranched alkanes of at least 4 members (excludes halogenated alkanes) is 1. The van der Waals surface area contributed by atoms with E-state index in [0.29, 0.717) is 6.42 Å². The van der Waals surface area contributed by atoms with Gasteiger partial charge in [-0.05, 0) is 24.8 Å². The van der Waals surface area contributed by atoms with Crippen LogP contribution >= 0.6 is 0 Å². The Morgan fingerprint density at radius 1 is 1.26 bits per heavy atom. The molecule has 1 aliphatic rings. The fraction of sp³-hybridized carbons (Fsp3) is 0.500. The number of aliphatic imine (C=N–C) groups is 1. The van der Waals surface area contributed by atoms with Crippen molar-refractivity contribution in [2.75, 3.05) is 0 Å². The number of cyclic esters (lactones) is 1. The number of carbonyl (C=O) groups excluding carboxylic acids is 1. The lowest BCUT2D eigenvalue weighted by Crippen LogP contribution is -2.48. The van der Waals surface area contributed by atoms with Crippen LogP contribution in [0.1, 0.15) is 52.5 Å². The lowest BCUT2D eigenvalue weighted by molar-refractivity contribution is -0.155. The van der Waals surface area contributed by atoms with Crippen LogP contribution in [-0.4, -0.2) is 23.3 Å². The van der Waals surface area contributed by atoms with E-state index in [2.05, 4.69) is 26.8 Å². The smallest absolute Gasteiger partial charge is 0.334 e. The third-order valence-electron chi connectivity index (χ3n) is 4.12. The zero-order chi connectivity index (χ0) is 16.9. The van der Waals surface area contributed by atoms with Gasteiger partial charge in [0.2, 0.25) is 0 Å². The fourth-order valence-corrected chi connectivity index (χ4v) is 2.69. The Morgan fingerprint density at radius 3 is 2.57 bits per heavy atom. The average Bonchev–Trinajstić information content (AvgIpc) is 2.54. The van der Waals surface area contributed by atoms with E-state index < -0.39 is 5.54 Å². The molecule has 0 unspecified atom stereocenters. The maximum absolute atomic E-state index is 12.5. The first kappa shape index (κ1) is 17.5. The number of rotatable bonds is 6. The molecule has 3 nitrogen and oxygen atoms in total. The number of esters is 1. The van der Waals surface area contributed by atoms with Crippen molar-refractivity contribution in [2.45, 2.75) is 58.6 Å². The number of carbonyl (C=O) groups is 1. The number of allylic oxidation sites excluding steroid dienone is 1. The predicted octanol–water partition coefficient (Wildman–Crippen LogP) is 4.56. The summed E-state index contributed by atoms with van der Waals surface area (Å²) in [5.74, 6) is -0.0323. The highest BCUT2D eigenvalue weighted by molar-refractivity contribution is 6.08. The first-order valence-electron chi connectivity index (χ1n) is 8.49. The van der Waals surface area contributed by atoms with Gasteiger partial charge >= 0.3 is 5.97 Å². The molecule has 1 heterocycles. The summed E-state index contributed by atoms with van der Waals surface area (Å²) in [6.45, 7) is 8.12. The summed E-state index contributed by atoms with van der Waals surface area (Å²) >= 11 is 0. The molecule has 0 amide bonds. The van der Waals surface area contributed by atoms with Crippen LogP contribution in [0.25, 0.3) is 0 Å². The van der Waals surface area contributed by atoms with Crippen LogP contribution in [0.15, 0.2) is 47.5 Å². The van der Waals surface area contributed by atoms with Gasteiger partial charge in [-0.2, -0.15) is 0 Å². The van der Waals surface area contributed by atoms with E-state index in [1.54, 1.807) is 0 Å². The van der Waals surface area contributed by atoms with E-state index >= 15 is 0 Å². The molecule has 0 spiro atoms. The normalized spacial score (nSPS) is 24.8. The molecular weight excluding hydrogens is 286 g/mol. The first-order chi connectivity index (χ1) is 11.0. The van der Waals surface area contributed by atoms with Crippen molar-refractivity contribution in [3.63, 3.8) is 0 Å². The van der Waals surface area contributed by atoms with Gasteiger partial charge in [0.25, 0.3) is 0 Å². The summed E-state index contributed by atoms with van der Waals surface area (Å²) < 4.78 is 5.78. The second kappa shape index (κ2) is 7.58. The van der Waals surface area contributed by atoms with Gasteiger partial charge in [0, 0.05) is 6.42 Å². The lowest BCUT2D eigenvalue weighted by Gasteiger charge is -2.35. The minimum absolute atomic E-state index is 0.193. The summed E-state index contributed by atoms with van der Waals surface area (Å²) in [7, 11) is 0. The zero-order valence-corrected chi connectivity index (χ0v) is 14.6. The van der Waals surface area contributed by atoms with Gasteiger partial charge in [0.05, 0.1) is 5.71 Å². The fourth-order valence-electron chi connectivity index (χ4n) is 2.69. The van der Waals surface area contributed by atoms with Crippen LogP contribution in [0.3, 0.4) is 0 Å². The van der Waals surface area contributed by atoms with E-state index in [1.165, 1.54) is 0 Å². The molecule has 0 saturated heterocycles. The first-order valence-corrected chi connectivity index (χ1v) is 8.49. The molecule has 0 saturated carbocycles. The summed E-state index contributed by atoms with van der Waals surface area (Å²) in [5.41, 5.74) is 1.08. The molecule has 2 atom stereocenters. The van der Waals surface area contributed by atoms with Crippen LogP contribution in [0.4, 0.5) is 0 Å². The Kier molecular flexibility index (Phi) is 5.75. The monoisotopic (exact) mass is 313 g/mol. The van der Waals surface area contributed by atoms with E-state index in [9.17, 15) is 4.79 Å². The van der Waals surface area contributed by atoms with Gasteiger partial charge in [-0.1, -0.05) is 69.7 Å². The lowest BCUT2D eigenvalue weighted by atomic mass is 9.90. The molecule has 0 aliphatic carbocycles. The van der Waals surface area contributed by atoms with E-state index in [1.807, 2.05) is 43.3 Å². The minimum atomic E-state index is -0.833. The number of nitrogens with zero attached hydrogens (tertiary/aromatic N) is 1. The molecule has 2 rings (SSSR count). The highest BCUT2D eigenvalue weighted by atomic mass is 16.5. The van der Waals surface area contributed by atoms with Crippen LogP contribution in [0, 0.1) is 5.92 Å². The predicted molar refractivity (Wildman–Crippen MR) is 94.8 cm³/mol. The second-order valence-corrected chi connectivity index (χ2v) is 6.67. The van der Waals surface area contributed by atoms with E-state index in [4.69, 9.17) is 9.73 Å². The van der Waals surface area contributed by atoms with Gasteiger partial charge in [-0.3, -0.25) is 4.99 Å². The van der Waals surface area contributed by atoms with Gasteiger partial charge < -0.3 is 4.74 Å². The Hall–Kier alpha value is -1.90. The summed E-state index contributed by atoms with van der Waals surface area (Å²) in [4.78, 5) is 17.4. The van der Waals surface area contributed by atoms with Crippen LogP contribution < -0.4 is 0 Å². The second-order valence-electron chi connectivity index (χ2n) is 6.67. The van der Waals surface area contributed by atoms with E-state index in [0.717, 1.165) is 24.1 Å². The van der Waals surface area contributed by atoms with Gasteiger partial charge in [-0.15, -0.1) is 0 Å². The molecule has 124 valence electrons. The molecule has 1 aromatic carbocycles. The summed E-state index contributed by atoms with van der Waals surface area (Å²) in [6, 6.07) is 10.0. The van der Waals surface area contributed by atoms with Crippen molar-refractivity contribution in [2.24, 2.45) is 10.9 Å². The maximum Gasteiger partial charge on any atom is 0.334 e. The number of benzene rings is 1. The standard InChI is InChI=1S/C20H27NO2/c1-5-6-7-11-14-20(4)19(22)23-18(15(2)3)17(21-20)16-12-9-8-10-13-16/h7-13,15,18H,5-6,14H2,1-4H3/b11-7+/t18-,20+/m1/s1. The number of hydrogen-bond acceptors (Lipinski definition) is 3. The van der Waals surface area contributed by atoms with Crippen molar-refractivity contribution in [1.82, 2.24) is 0 Å². The maximum atomic E-state index is 12.5. The molecule has 3 heteroatoms. The number of ether oxygens (including phenoxy) is 1. The average molecular weight is 313 g/mol. The quantitative estimate of drug-likeness (QED) is 0.570. The highest BCUT2D eigenvalue weighted by Crippen LogP contribution is 2.29. The highest BCUT2D eigenvalue weighted by Gasteiger charge is 2.42. The zero-order valence-electron chi connectivity index (χ0n) is 14.6. The van der Waals surface area contributed by atoms with Crippen molar-refractivity contribution in [1.29, 1.82) is 0 Å². The van der Waals surface area contributed by atoms with Crippen molar-refractivity contribution in [3.05, 3.63) is 48.0 Å². The van der Waals surface area contributed by atoms with Gasteiger partial charge in [-0.25, -0.2) is 4.79 Å². The third kappa shape index (κ3) is 4.10. The molecule has 0 radical (unpaired) electrons. The molecule has 0 fully saturated rings. The Balaban J connectivity index is 2.36. The minimum Gasteiger partial charge on any atom is -0.454 e. The van der Waals surface area contributed by atoms with Crippen molar-refractivity contribution >= 4 is 11.7 Å². The van der Waals surface area contributed by atoms with Crippen molar-refractivity contribution < 1.29 is 9.53 Å². The van der Waals surface area contributed by atoms with Gasteiger partial charge in [0.15, 0.2) is 5.54 Å². The topological polar surface area (TPSA) is 38.7 Å². The Labute approximate surface area is 139 Å². The molecular formula is C20H27NO2. The van der Waals surface area contributed by atoms with Crippen LogP contribution in [0.5, 0.6) is 0 Å². The molecule has 0 N–H and O–H groups in total. The van der Waals surface area contributed by atoms with Crippen LogP contribution in [-0.2, 0) is 9.53 Å². The molecule has 0 bridgehead atoms. The summed E-state index contributed by atoms with van der Waals surface area (Å²) in [5, 5.41) is 0. The molecule has 23 heavy (non-hydrogen) atoms. The Morgan fingerprint density at radius 2 is 1.96 bits per heavy atom. The number of hydrogen-bond donors (Lipinski definition) is 0. The SMILES string of the molecule is CCC/C=C/C[C@]1(C)N=C(c2ccccc2)[C@@H](C(C)C)OC1=O. The summed E-state index contributed by atoms with van der Waals surface area (Å²) in [6.07, 6.45) is 6.59. The largest absolute Gasteiger partial charge is 0.454 e. The molecule has 0 aromatic heterocycles. The van der Waals surface area contributed by atoms with Gasteiger partial charge in [0.1, 0.15) is 6.10 Å².